The molecule has 1 fully saturated rings. The predicted molar refractivity (Wildman–Crippen MR) is 115 cm³/mol. The number of anilines is 1. The number of pyridine rings is 1. The first-order valence-electron chi connectivity index (χ1n) is 10.1. The van der Waals surface area contributed by atoms with Crippen LogP contribution < -0.4 is 20.3 Å². The highest BCUT2D eigenvalue weighted by Crippen LogP contribution is 2.24. The Kier molecular flexibility index (Phi) is 7.12. The van der Waals surface area contributed by atoms with E-state index in [1.807, 2.05) is 19.1 Å². The highest BCUT2D eigenvalue weighted by Gasteiger charge is 2.14. The average Bonchev–Trinajstić information content (AvgIpc) is 3.27. The number of rotatable bonds is 7. The van der Waals surface area contributed by atoms with Gasteiger partial charge in [-0.25, -0.2) is 4.98 Å². The van der Waals surface area contributed by atoms with E-state index >= 15 is 0 Å². The fourth-order valence-electron chi connectivity index (χ4n) is 3.45. The summed E-state index contributed by atoms with van der Waals surface area (Å²) in [6.07, 6.45) is 4.32. The SMILES string of the molecule is CCOc1ncccc1CNC(=NC)NC(C)c1cccc(N2CCCC2)c1. The minimum atomic E-state index is 0.147. The fraction of sp³-hybridized carbons (Fsp3) is 0.455. The second kappa shape index (κ2) is 9.97. The molecule has 6 heteroatoms. The third-order valence-corrected chi connectivity index (χ3v) is 5.00. The number of ether oxygens (including phenoxy) is 1. The molecule has 0 saturated carbocycles. The van der Waals surface area contributed by atoms with Crippen LogP contribution in [-0.4, -0.2) is 37.7 Å². The molecule has 2 heterocycles. The molecule has 1 aromatic heterocycles. The first kappa shape index (κ1) is 20.0. The Bertz CT molecular complexity index is 786. The summed E-state index contributed by atoms with van der Waals surface area (Å²) in [5, 5.41) is 6.84. The molecule has 0 bridgehead atoms. The van der Waals surface area contributed by atoms with Crippen LogP contribution in [0.2, 0.25) is 0 Å². The minimum Gasteiger partial charge on any atom is -0.478 e. The van der Waals surface area contributed by atoms with E-state index in [1.165, 1.54) is 24.1 Å². The molecule has 1 saturated heterocycles. The first-order chi connectivity index (χ1) is 13.7. The van der Waals surface area contributed by atoms with Crippen molar-refractivity contribution < 1.29 is 4.74 Å². The summed E-state index contributed by atoms with van der Waals surface area (Å²) in [6, 6.07) is 12.9. The molecule has 1 unspecified atom stereocenters. The molecule has 1 atom stereocenters. The summed E-state index contributed by atoms with van der Waals surface area (Å²) in [6.45, 7) is 7.63. The molecule has 3 rings (SSSR count). The molecule has 28 heavy (non-hydrogen) atoms. The Hall–Kier alpha value is -2.76. The van der Waals surface area contributed by atoms with Gasteiger partial charge >= 0.3 is 0 Å². The third-order valence-electron chi connectivity index (χ3n) is 5.00. The molecule has 150 valence electrons. The predicted octanol–water partition coefficient (Wildman–Crippen LogP) is 3.51. The van der Waals surface area contributed by atoms with E-state index in [2.05, 4.69) is 56.7 Å². The molecule has 6 nitrogen and oxygen atoms in total. The summed E-state index contributed by atoms with van der Waals surface area (Å²) in [5.41, 5.74) is 3.57. The molecular weight excluding hydrogens is 350 g/mol. The quantitative estimate of drug-likeness (QED) is 0.568. The smallest absolute Gasteiger partial charge is 0.218 e. The number of nitrogens with one attached hydrogen (secondary N) is 2. The summed E-state index contributed by atoms with van der Waals surface area (Å²) in [4.78, 5) is 11.1. The van der Waals surface area contributed by atoms with Gasteiger partial charge in [0, 0.05) is 44.1 Å². The lowest BCUT2D eigenvalue weighted by molar-refractivity contribution is 0.322. The van der Waals surface area contributed by atoms with Crippen LogP contribution in [0.5, 0.6) is 5.88 Å². The zero-order chi connectivity index (χ0) is 19.8. The standard InChI is InChI=1S/C22H31N5O/c1-4-28-21-19(10-8-12-24-21)16-25-22(23-3)26-17(2)18-9-7-11-20(15-18)27-13-5-6-14-27/h7-12,15,17H,4-6,13-14,16H2,1-3H3,(H2,23,25,26). The number of hydrogen-bond acceptors (Lipinski definition) is 4. The van der Waals surface area contributed by atoms with E-state index < -0.39 is 0 Å². The van der Waals surface area contributed by atoms with Gasteiger partial charge in [-0.3, -0.25) is 4.99 Å². The summed E-state index contributed by atoms with van der Waals surface area (Å²) >= 11 is 0. The molecule has 1 aliphatic rings. The van der Waals surface area contributed by atoms with Gasteiger partial charge in [0.05, 0.1) is 12.6 Å². The second-order valence-corrected chi connectivity index (χ2v) is 6.98. The van der Waals surface area contributed by atoms with Crippen molar-refractivity contribution in [3.63, 3.8) is 0 Å². The van der Waals surface area contributed by atoms with Gasteiger partial charge in [-0.2, -0.15) is 0 Å². The lowest BCUT2D eigenvalue weighted by Gasteiger charge is -2.22. The molecule has 0 spiro atoms. The van der Waals surface area contributed by atoms with Gasteiger partial charge in [0.1, 0.15) is 0 Å². The average molecular weight is 382 g/mol. The maximum Gasteiger partial charge on any atom is 0.218 e. The van der Waals surface area contributed by atoms with Gasteiger partial charge < -0.3 is 20.3 Å². The van der Waals surface area contributed by atoms with Gasteiger partial charge in [-0.15, -0.1) is 0 Å². The Balaban J connectivity index is 1.61. The van der Waals surface area contributed by atoms with Crippen molar-refractivity contribution in [1.29, 1.82) is 0 Å². The van der Waals surface area contributed by atoms with Crippen molar-refractivity contribution in [3.05, 3.63) is 53.7 Å². The van der Waals surface area contributed by atoms with Crippen LogP contribution in [-0.2, 0) is 6.54 Å². The first-order valence-corrected chi connectivity index (χ1v) is 10.1. The molecule has 1 aliphatic heterocycles. The molecule has 2 N–H and O–H groups in total. The van der Waals surface area contributed by atoms with E-state index in [4.69, 9.17) is 4.74 Å². The van der Waals surface area contributed by atoms with Gasteiger partial charge in [-0.05, 0) is 50.5 Å². The van der Waals surface area contributed by atoms with E-state index in [1.54, 1.807) is 13.2 Å². The number of aromatic nitrogens is 1. The third kappa shape index (κ3) is 5.15. The minimum absolute atomic E-state index is 0.147. The van der Waals surface area contributed by atoms with Crippen molar-refractivity contribution in [2.45, 2.75) is 39.3 Å². The number of benzene rings is 1. The van der Waals surface area contributed by atoms with Crippen LogP contribution in [0.25, 0.3) is 0 Å². The van der Waals surface area contributed by atoms with Crippen LogP contribution in [0, 0.1) is 0 Å². The van der Waals surface area contributed by atoms with E-state index in [0.717, 1.165) is 24.6 Å². The van der Waals surface area contributed by atoms with Crippen molar-refractivity contribution in [2.75, 3.05) is 31.6 Å². The molecule has 0 aliphatic carbocycles. The van der Waals surface area contributed by atoms with Crippen molar-refractivity contribution >= 4 is 11.6 Å². The lowest BCUT2D eigenvalue weighted by atomic mass is 10.1. The maximum atomic E-state index is 5.60. The van der Waals surface area contributed by atoms with Crippen LogP contribution >= 0.6 is 0 Å². The number of hydrogen-bond donors (Lipinski definition) is 2. The molecule has 0 amide bonds. The number of nitrogens with zero attached hydrogens (tertiary/aromatic N) is 3. The van der Waals surface area contributed by atoms with Crippen LogP contribution in [0.15, 0.2) is 47.6 Å². The van der Waals surface area contributed by atoms with E-state index in [9.17, 15) is 0 Å². The summed E-state index contributed by atoms with van der Waals surface area (Å²) in [5.74, 6) is 1.42. The van der Waals surface area contributed by atoms with Crippen LogP contribution in [0.1, 0.15) is 43.9 Å². The molecule has 0 radical (unpaired) electrons. The monoisotopic (exact) mass is 381 g/mol. The number of guanidine groups is 1. The van der Waals surface area contributed by atoms with Crippen LogP contribution in [0.4, 0.5) is 5.69 Å². The van der Waals surface area contributed by atoms with E-state index in [0.29, 0.717) is 19.0 Å². The highest BCUT2D eigenvalue weighted by molar-refractivity contribution is 5.80. The Morgan fingerprint density at radius 2 is 2.07 bits per heavy atom. The second-order valence-electron chi connectivity index (χ2n) is 6.98. The van der Waals surface area contributed by atoms with Crippen molar-refractivity contribution in [3.8, 4) is 5.88 Å². The largest absolute Gasteiger partial charge is 0.478 e. The van der Waals surface area contributed by atoms with Gasteiger partial charge in [0.25, 0.3) is 0 Å². The van der Waals surface area contributed by atoms with Gasteiger partial charge in [0.2, 0.25) is 5.88 Å². The Morgan fingerprint density at radius 1 is 1.25 bits per heavy atom. The normalized spacial score (nSPS) is 15.4. The summed E-state index contributed by atoms with van der Waals surface area (Å²) in [7, 11) is 1.79. The number of aliphatic imine (C=N–C) groups is 1. The molecule has 1 aromatic carbocycles. The van der Waals surface area contributed by atoms with E-state index in [-0.39, 0.29) is 6.04 Å². The molecule has 2 aromatic rings. The fourth-order valence-corrected chi connectivity index (χ4v) is 3.45. The topological polar surface area (TPSA) is 61.8 Å². The highest BCUT2D eigenvalue weighted by atomic mass is 16.5. The summed E-state index contributed by atoms with van der Waals surface area (Å²) < 4.78 is 5.60. The Morgan fingerprint density at radius 3 is 2.82 bits per heavy atom. The van der Waals surface area contributed by atoms with Crippen molar-refractivity contribution in [2.24, 2.45) is 4.99 Å². The van der Waals surface area contributed by atoms with Gasteiger partial charge in [-0.1, -0.05) is 18.2 Å². The van der Waals surface area contributed by atoms with Gasteiger partial charge in [0.15, 0.2) is 5.96 Å². The molecular formula is C22H31N5O. The zero-order valence-electron chi connectivity index (χ0n) is 17.1. The van der Waals surface area contributed by atoms with Crippen LogP contribution in [0.3, 0.4) is 0 Å². The maximum absolute atomic E-state index is 5.60. The lowest BCUT2D eigenvalue weighted by Crippen LogP contribution is -2.38. The zero-order valence-corrected chi connectivity index (χ0v) is 17.1. The Labute approximate surface area is 168 Å². The van der Waals surface area contributed by atoms with Crippen molar-refractivity contribution in [1.82, 2.24) is 15.6 Å².